The highest BCUT2D eigenvalue weighted by atomic mass is 79.9. The summed E-state index contributed by atoms with van der Waals surface area (Å²) < 4.78 is 2.04. The summed E-state index contributed by atoms with van der Waals surface area (Å²) in [7, 11) is 0. The predicted molar refractivity (Wildman–Crippen MR) is 87.3 cm³/mol. The summed E-state index contributed by atoms with van der Waals surface area (Å²) in [5.74, 6) is 0. The van der Waals surface area contributed by atoms with Crippen LogP contribution in [0.15, 0.2) is 50.5 Å². The third-order valence-corrected chi connectivity index (χ3v) is 4.48. The molecule has 4 nitrogen and oxygen atoms in total. The van der Waals surface area contributed by atoms with Gasteiger partial charge in [0.05, 0.1) is 16.6 Å². The average Bonchev–Trinajstić information content (AvgIpc) is 2.45. The van der Waals surface area contributed by atoms with E-state index in [4.69, 9.17) is 0 Å². The van der Waals surface area contributed by atoms with Crippen LogP contribution < -0.4 is 11.2 Å². The van der Waals surface area contributed by atoms with Gasteiger partial charge in [-0.05, 0) is 43.2 Å². The Balaban J connectivity index is 2.48. The topological polar surface area (TPSA) is 54.9 Å². The Bertz CT molecular complexity index is 970. The Hall–Kier alpha value is -2.14. The van der Waals surface area contributed by atoms with E-state index < -0.39 is 5.69 Å². The molecule has 0 unspecified atom stereocenters. The van der Waals surface area contributed by atoms with E-state index in [0.29, 0.717) is 16.6 Å². The zero-order valence-corrected chi connectivity index (χ0v) is 13.2. The van der Waals surface area contributed by atoms with Crippen molar-refractivity contribution in [1.29, 1.82) is 0 Å². The van der Waals surface area contributed by atoms with Crippen molar-refractivity contribution in [1.82, 2.24) is 9.55 Å². The first kappa shape index (κ1) is 13.8. The van der Waals surface area contributed by atoms with Crippen LogP contribution in [0.4, 0.5) is 0 Å². The Kier molecular flexibility index (Phi) is 3.29. The van der Waals surface area contributed by atoms with E-state index in [9.17, 15) is 9.59 Å². The number of para-hydroxylation sites is 1. The molecule has 0 fully saturated rings. The van der Waals surface area contributed by atoms with Crippen LogP contribution in [-0.2, 0) is 0 Å². The molecular formula is C16H13BrN2O2. The lowest BCUT2D eigenvalue weighted by molar-refractivity contribution is 0.891. The van der Waals surface area contributed by atoms with Crippen molar-refractivity contribution in [2.45, 2.75) is 13.8 Å². The molecule has 3 aromatic rings. The minimum atomic E-state index is -0.428. The van der Waals surface area contributed by atoms with E-state index in [-0.39, 0.29) is 5.56 Å². The van der Waals surface area contributed by atoms with Crippen LogP contribution in [0, 0.1) is 13.8 Å². The Morgan fingerprint density at radius 2 is 1.76 bits per heavy atom. The second kappa shape index (κ2) is 5.00. The van der Waals surface area contributed by atoms with Crippen LogP contribution in [0.1, 0.15) is 11.1 Å². The van der Waals surface area contributed by atoms with E-state index in [1.807, 2.05) is 32.0 Å². The predicted octanol–water partition coefficient (Wildman–Crippen LogP) is 3.06. The van der Waals surface area contributed by atoms with E-state index in [0.717, 1.165) is 15.6 Å². The minimum Gasteiger partial charge on any atom is -0.306 e. The highest BCUT2D eigenvalue weighted by molar-refractivity contribution is 9.10. The zero-order valence-electron chi connectivity index (χ0n) is 11.6. The summed E-state index contributed by atoms with van der Waals surface area (Å²) in [6.07, 6.45) is 0. The van der Waals surface area contributed by atoms with E-state index in [1.54, 1.807) is 18.2 Å². The van der Waals surface area contributed by atoms with Gasteiger partial charge in [0.25, 0.3) is 5.56 Å². The number of hydrogen-bond acceptors (Lipinski definition) is 2. The fraction of sp³-hybridized carbons (Fsp3) is 0.125. The molecule has 1 N–H and O–H groups in total. The number of halogens is 1. The van der Waals surface area contributed by atoms with Crippen LogP contribution in [0.5, 0.6) is 0 Å². The average molecular weight is 345 g/mol. The number of aromatic amines is 1. The van der Waals surface area contributed by atoms with Gasteiger partial charge in [0.2, 0.25) is 0 Å². The molecule has 0 aliphatic carbocycles. The van der Waals surface area contributed by atoms with E-state index in [1.165, 1.54) is 4.57 Å². The van der Waals surface area contributed by atoms with E-state index >= 15 is 0 Å². The second-order valence-corrected chi connectivity index (χ2v) is 5.81. The fourth-order valence-electron chi connectivity index (χ4n) is 2.44. The second-order valence-electron chi connectivity index (χ2n) is 4.95. The molecule has 0 aliphatic rings. The standard InChI is InChI=1S/C16H13BrN2O2/c1-9-5-3-6-11-14(9)18-16(21)19(15(11)20)13-8-4-7-12(17)10(13)2/h3-8H,1-2H3,(H,18,21). The molecule has 1 aromatic heterocycles. The molecule has 0 atom stereocenters. The molecule has 0 saturated carbocycles. The molecular weight excluding hydrogens is 332 g/mol. The molecule has 21 heavy (non-hydrogen) atoms. The van der Waals surface area contributed by atoms with Gasteiger partial charge in [-0.2, -0.15) is 0 Å². The first-order chi connectivity index (χ1) is 10.0. The number of aryl methyl sites for hydroxylation is 1. The highest BCUT2D eigenvalue weighted by Gasteiger charge is 2.13. The van der Waals surface area contributed by atoms with Gasteiger partial charge in [-0.15, -0.1) is 0 Å². The lowest BCUT2D eigenvalue weighted by atomic mass is 10.1. The van der Waals surface area contributed by atoms with Gasteiger partial charge in [-0.3, -0.25) is 4.79 Å². The highest BCUT2D eigenvalue weighted by Crippen LogP contribution is 2.21. The number of H-pyrrole nitrogens is 1. The number of benzene rings is 2. The molecule has 0 spiro atoms. The molecule has 0 bridgehead atoms. The Labute approximate surface area is 129 Å². The summed E-state index contributed by atoms with van der Waals surface area (Å²) in [4.78, 5) is 27.9. The van der Waals surface area contributed by atoms with Crippen molar-refractivity contribution in [3.63, 3.8) is 0 Å². The number of aromatic nitrogens is 2. The van der Waals surface area contributed by atoms with E-state index in [2.05, 4.69) is 20.9 Å². The maximum atomic E-state index is 12.7. The number of hydrogen-bond donors (Lipinski definition) is 1. The normalized spacial score (nSPS) is 11.0. The smallest absolute Gasteiger partial charge is 0.306 e. The largest absolute Gasteiger partial charge is 0.333 e. The summed E-state index contributed by atoms with van der Waals surface area (Å²) in [6, 6.07) is 10.9. The molecule has 0 amide bonds. The van der Waals surface area contributed by atoms with Crippen LogP contribution in [0.3, 0.4) is 0 Å². The first-order valence-electron chi connectivity index (χ1n) is 6.51. The Morgan fingerprint density at radius 3 is 2.52 bits per heavy atom. The number of nitrogens with one attached hydrogen (secondary N) is 1. The summed E-state index contributed by atoms with van der Waals surface area (Å²) in [5, 5.41) is 0.508. The lowest BCUT2D eigenvalue weighted by Gasteiger charge is -2.11. The fourth-order valence-corrected chi connectivity index (χ4v) is 2.80. The number of nitrogens with zero attached hydrogens (tertiary/aromatic N) is 1. The van der Waals surface area contributed by atoms with Gasteiger partial charge in [0, 0.05) is 4.47 Å². The van der Waals surface area contributed by atoms with Crippen LogP contribution in [0.2, 0.25) is 0 Å². The first-order valence-corrected chi connectivity index (χ1v) is 7.30. The van der Waals surface area contributed by atoms with Gasteiger partial charge in [-0.25, -0.2) is 9.36 Å². The van der Waals surface area contributed by atoms with Gasteiger partial charge in [0.1, 0.15) is 0 Å². The van der Waals surface area contributed by atoms with Crippen molar-refractivity contribution in [2.24, 2.45) is 0 Å². The van der Waals surface area contributed by atoms with Crippen molar-refractivity contribution in [3.05, 3.63) is 72.8 Å². The molecule has 0 saturated heterocycles. The summed E-state index contributed by atoms with van der Waals surface area (Å²) >= 11 is 3.43. The van der Waals surface area contributed by atoms with Gasteiger partial charge >= 0.3 is 5.69 Å². The van der Waals surface area contributed by atoms with Crippen molar-refractivity contribution >= 4 is 26.8 Å². The number of rotatable bonds is 1. The third kappa shape index (κ3) is 2.14. The van der Waals surface area contributed by atoms with Crippen LogP contribution in [0.25, 0.3) is 16.6 Å². The summed E-state index contributed by atoms with van der Waals surface area (Å²) in [6.45, 7) is 3.73. The SMILES string of the molecule is Cc1c(Br)cccc1-n1c(=O)[nH]c2c(C)cccc2c1=O. The van der Waals surface area contributed by atoms with Crippen LogP contribution in [-0.4, -0.2) is 9.55 Å². The van der Waals surface area contributed by atoms with Crippen molar-refractivity contribution < 1.29 is 0 Å². The van der Waals surface area contributed by atoms with Crippen molar-refractivity contribution in [2.75, 3.05) is 0 Å². The monoisotopic (exact) mass is 344 g/mol. The molecule has 3 rings (SSSR count). The Morgan fingerprint density at radius 1 is 1.05 bits per heavy atom. The van der Waals surface area contributed by atoms with Gasteiger partial charge in [0.15, 0.2) is 0 Å². The zero-order chi connectivity index (χ0) is 15.1. The van der Waals surface area contributed by atoms with Crippen molar-refractivity contribution in [3.8, 4) is 5.69 Å². The molecule has 2 aromatic carbocycles. The molecule has 106 valence electrons. The maximum absolute atomic E-state index is 12.7. The molecule has 0 aliphatic heterocycles. The number of fused-ring (bicyclic) bond motifs is 1. The quantitative estimate of drug-likeness (QED) is 0.737. The molecule has 5 heteroatoms. The summed E-state index contributed by atoms with van der Waals surface area (Å²) in [5.41, 5.74) is 2.16. The van der Waals surface area contributed by atoms with Crippen LogP contribution >= 0.6 is 15.9 Å². The minimum absolute atomic E-state index is 0.307. The lowest BCUT2D eigenvalue weighted by Crippen LogP contribution is -2.34. The molecule has 1 heterocycles. The molecule has 0 radical (unpaired) electrons. The van der Waals surface area contributed by atoms with Gasteiger partial charge in [-0.1, -0.05) is 34.1 Å². The maximum Gasteiger partial charge on any atom is 0.333 e. The third-order valence-electron chi connectivity index (χ3n) is 3.62. The van der Waals surface area contributed by atoms with Gasteiger partial charge < -0.3 is 4.98 Å².